The second-order valence-corrected chi connectivity index (χ2v) is 4.29. The van der Waals surface area contributed by atoms with Crippen molar-refractivity contribution in [3.63, 3.8) is 0 Å². The second-order valence-electron chi connectivity index (χ2n) is 3.88. The SMILES string of the molecule is CCC(C)CNCc1cc(F)ccc1Cl. The number of hydrogen-bond acceptors (Lipinski definition) is 1. The molecule has 3 heteroatoms. The lowest BCUT2D eigenvalue weighted by Gasteiger charge is -2.10. The predicted octanol–water partition coefficient (Wildman–Crippen LogP) is 3.61. The number of rotatable bonds is 5. The Morgan fingerprint density at radius 1 is 1.47 bits per heavy atom. The molecule has 0 bridgehead atoms. The highest BCUT2D eigenvalue weighted by Crippen LogP contribution is 2.16. The zero-order valence-corrected chi connectivity index (χ0v) is 9.94. The Morgan fingerprint density at radius 3 is 2.87 bits per heavy atom. The summed E-state index contributed by atoms with van der Waals surface area (Å²) < 4.78 is 12.9. The van der Waals surface area contributed by atoms with Crippen molar-refractivity contribution in [2.24, 2.45) is 5.92 Å². The molecule has 1 aromatic carbocycles. The Kier molecular flexibility index (Phi) is 5.06. The average Bonchev–Trinajstić information content (AvgIpc) is 2.23. The molecule has 1 nitrogen and oxygen atoms in total. The van der Waals surface area contributed by atoms with Crippen molar-refractivity contribution < 1.29 is 4.39 Å². The number of hydrogen-bond donors (Lipinski definition) is 1. The van der Waals surface area contributed by atoms with Gasteiger partial charge in [0, 0.05) is 11.6 Å². The largest absolute Gasteiger partial charge is 0.312 e. The highest BCUT2D eigenvalue weighted by Gasteiger charge is 2.03. The molecule has 1 atom stereocenters. The van der Waals surface area contributed by atoms with E-state index in [0.29, 0.717) is 17.5 Å². The zero-order valence-electron chi connectivity index (χ0n) is 9.19. The average molecular weight is 230 g/mol. The van der Waals surface area contributed by atoms with Crippen LogP contribution in [0, 0.1) is 11.7 Å². The first-order chi connectivity index (χ1) is 7.13. The Bertz CT molecular complexity index is 314. The lowest BCUT2D eigenvalue weighted by Crippen LogP contribution is -2.20. The van der Waals surface area contributed by atoms with Gasteiger partial charge in [0.1, 0.15) is 5.82 Å². The van der Waals surface area contributed by atoms with E-state index in [0.717, 1.165) is 18.5 Å². The van der Waals surface area contributed by atoms with Crippen molar-refractivity contribution in [2.75, 3.05) is 6.54 Å². The van der Waals surface area contributed by atoms with Gasteiger partial charge in [-0.15, -0.1) is 0 Å². The molecule has 0 aromatic heterocycles. The van der Waals surface area contributed by atoms with Crippen molar-refractivity contribution in [1.29, 1.82) is 0 Å². The van der Waals surface area contributed by atoms with Gasteiger partial charge in [-0.1, -0.05) is 31.9 Å². The fourth-order valence-electron chi connectivity index (χ4n) is 1.28. The fraction of sp³-hybridized carbons (Fsp3) is 0.500. The van der Waals surface area contributed by atoms with Crippen LogP contribution < -0.4 is 5.32 Å². The maximum atomic E-state index is 12.9. The van der Waals surface area contributed by atoms with Gasteiger partial charge in [0.15, 0.2) is 0 Å². The van der Waals surface area contributed by atoms with Crippen LogP contribution >= 0.6 is 11.6 Å². The minimum absolute atomic E-state index is 0.236. The maximum absolute atomic E-state index is 12.9. The van der Waals surface area contributed by atoms with E-state index >= 15 is 0 Å². The van der Waals surface area contributed by atoms with Crippen molar-refractivity contribution in [3.8, 4) is 0 Å². The van der Waals surface area contributed by atoms with Crippen molar-refractivity contribution in [1.82, 2.24) is 5.32 Å². The van der Waals surface area contributed by atoms with E-state index in [2.05, 4.69) is 19.2 Å². The minimum Gasteiger partial charge on any atom is -0.312 e. The second kappa shape index (κ2) is 6.09. The molecule has 0 heterocycles. The van der Waals surface area contributed by atoms with Crippen LogP contribution in [0.5, 0.6) is 0 Å². The predicted molar refractivity (Wildman–Crippen MR) is 62.6 cm³/mol. The summed E-state index contributed by atoms with van der Waals surface area (Å²) in [4.78, 5) is 0. The maximum Gasteiger partial charge on any atom is 0.123 e. The van der Waals surface area contributed by atoms with Crippen LogP contribution in [0.3, 0.4) is 0 Å². The molecule has 0 aliphatic rings. The smallest absolute Gasteiger partial charge is 0.123 e. The van der Waals surface area contributed by atoms with Gasteiger partial charge in [-0.05, 0) is 36.2 Å². The van der Waals surface area contributed by atoms with Crippen LogP contribution in [0.4, 0.5) is 4.39 Å². The molecule has 0 aliphatic carbocycles. The van der Waals surface area contributed by atoms with E-state index < -0.39 is 0 Å². The molecule has 0 saturated heterocycles. The van der Waals surface area contributed by atoms with Gasteiger partial charge >= 0.3 is 0 Å². The quantitative estimate of drug-likeness (QED) is 0.813. The molecule has 0 aliphatic heterocycles. The highest BCUT2D eigenvalue weighted by atomic mass is 35.5. The van der Waals surface area contributed by atoms with Gasteiger partial charge in [0.25, 0.3) is 0 Å². The van der Waals surface area contributed by atoms with Gasteiger partial charge in [0.05, 0.1) is 0 Å². The normalized spacial score (nSPS) is 12.8. The topological polar surface area (TPSA) is 12.0 Å². The van der Waals surface area contributed by atoms with Gasteiger partial charge in [0.2, 0.25) is 0 Å². The lowest BCUT2D eigenvalue weighted by molar-refractivity contribution is 0.499. The minimum atomic E-state index is -0.236. The molecular weight excluding hydrogens is 213 g/mol. The van der Waals surface area contributed by atoms with Crippen molar-refractivity contribution >= 4 is 11.6 Å². The van der Waals surface area contributed by atoms with Crippen molar-refractivity contribution in [2.45, 2.75) is 26.8 Å². The van der Waals surface area contributed by atoms with Crippen LogP contribution in [-0.4, -0.2) is 6.54 Å². The molecule has 15 heavy (non-hydrogen) atoms. The molecular formula is C12H17ClFN. The number of benzene rings is 1. The van der Waals surface area contributed by atoms with Gasteiger partial charge in [-0.25, -0.2) is 4.39 Å². The monoisotopic (exact) mass is 229 g/mol. The Labute approximate surface area is 95.6 Å². The third-order valence-electron chi connectivity index (χ3n) is 2.51. The molecule has 84 valence electrons. The third-order valence-corrected chi connectivity index (χ3v) is 2.88. The fourth-order valence-corrected chi connectivity index (χ4v) is 1.46. The molecule has 0 fully saturated rings. The molecule has 0 radical (unpaired) electrons. The Balaban J connectivity index is 2.46. The molecule has 1 rings (SSSR count). The number of halogens is 2. The van der Waals surface area contributed by atoms with Crippen LogP contribution in [0.25, 0.3) is 0 Å². The lowest BCUT2D eigenvalue weighted by atomic mass is 10.1. The summed E-state index contributed by atoms with van der Waals surface area (Å²) in [7, 11) is 0. The van der Waals surface area contributed by atoms with E-state index in [1.165, 1.54) is 12.1 Å². The van der Waals surface area contributed by atoms with Crippen LogP contribution in [0.2, 0.25) is 5.02 Å². The van der Waals surface area contributed by atoms with Crippen molar-refractivity contribution in [3.05, 3.63) is 34.6 Å². The summed E-state index contributed by atoms with van der Waals surface area (Å²) in [6, 6.07) is 4.45. The van der Waals surface area contributed by atoms with Crippen LogP contribution in [-0.2, 0) is 6.54 Å². The van der Waals surface area contributed by atoms with Gasteiger partial charge in [-0.3, -0.25) is 0 Å². The van der Waals surface area contributed by atoms with Gasteiger partial charge < -0.3 is 5.32 Å². The summed E-state index contributed by atoms with van der Waals surface area (Å²) in [6.45, 7) is 5.89. The van der Waals surface area contributed by atoms with E-state index in [-0.39, 0.29) is 5.82 Å². The summed E-state index contributed by atoms with van der Waals surface area (Å²) in [5.74, 6) is 0.400. The molecule has 0 amide bonds. The Morgan fingerprint density at radius 2 is 2.20 bits per heavy atom. The van der Waals surface area contributed by atoms with E-state index in [1.807, 2.05) is 0 Å². The third kappa shape index (κ3) is 4.18. The van der Waals surface area contributed by atoms with E-state index in [9.17, 15) is 4.39 Å². The number of nitrogens with one attached hydrogen (secondary N) is 1. The first kappa shape index (κ1) is 12.5. The molecule has 0 spiro atoms. The molecule has 1 N–H and O–H groups in total. The summed E-state index contributed by atoms with van der Waals surface area (Å²) in [5.41, 5.74) is 0.819. The molecule has 1 unspecified atom stereocenters. The van der Waals surface area contributed by atoms with Gasteiger partial charge in [-0.2, -0.15) is 0 Å². The first-order valence-corrected chi connectivity index (χ1v) is 5.66. The highest BCUT2D eigenvalue weighted by molar-refractivity contribution is 6.31. The summed E-state index contributed by atoms with van der Waals surface area (Å²) in [5, 5.41) is 3.89. The summed E-state index contributed by atoms with van der Waals surface area (Å²) in [6.07, 6.45) is 1.14. The zero-order chi connectivity index (χ0) is 11.3. The first-order valence-electron chi connectivity index (χ1n) is 5.28. The summed E-state index contributed by atoms with van der Waals surface area (Å²) >= 11 is 5.94. The van der Waals surface area contributed by atoms with E-state index in [1.54, 1.807) is 6.07 Å². The van der Waals surface area contributed by atoms with E-state index in [4.69, 9.17) is 11.6 Å². The molecule has 1 aromatic rings. The van der Waals surface area contributed by atoms with Crippen LogP contribution in [0.1, 0.15) is 25.8 Å². The Hall–Kier alpha value is -0.600. The standard InChI is InChI=1S/C12H17ClFN/c1-3-9(2)7-15-8-10-6-11(14)4-5-12(10)13/h4-6,9,15H,3,7-8H2,1-2H3. The van der Waals surface area contributed by atoms with Crippen LogP contribution in [0.15, 0.2) is 18.2 Å². The molecule has 0 saturated carbocycles.